The third-order valence-electron chi connectivity index (χ3n) is 9.88. The topological polar surface area (TPSA) is 36.9 Å². The van der Waals surface area contributed by atoms with E-state index in [0.717, 1.165) is 22.7 Å². The highest BCUT2D eigenvalue weighted by Gasteiger charge is 2.80. The standard InChI is InChI=1S/C53H54F6O4S2/c1-47(2,3)60-35-21-13-31(14-22-35)41-29-39(45(64-41)33-17-25-37(26-18-33)62-49(7,8)9)43-44(52(56,57)53(58,59)51(43,54)55)40-30-42(32-15-23-36(24-16-32)61-48(4,5)6)65-46(40)34-19-27-38(28-20-34)63-50(10,11)12/h13-30H,1-12H3. The van der Waals surface area contributed by atoms with Gasteiger partial charge in [-0.15, -0.1) is 22.7 Å². The summed E-state index contributed by atoms with van der Waals surface area (Å²) >= 11 is 2.08. The molecule has 0 bridgehead atoms. The number of hydrogen-bond donors (Lipinski definition) is 0. The van der Waals surface area contributed by atoms with Gasteiger partial charge in [0, 0.05) is 41.8 Å². The molecule has 0 fully saturated rings. The maximum absolute atomic E-state index is 17.0. The maximum atomic E-state index is 17.0. The molecule has 0 radical (unpaired) electrons. The average Bonchev–Trinajstić information content (AvgIpc) is 3.83. The third-order valence-corrected chi connectivity index (χ3v) is 12.3. The summed E-state index contributed by atoms with van der Waals surface area (Å²) in [4.78, 5) is 1.000. The molecular weight excluding hydrogens is 879 g/mol. The smallest absolute Gasteiger partial charge is 0.380 e. The molecule has 0 N–H and O–H groups in total. The Morgan fingerprint density at radius 1 is 0.354 bits per heavy atom. The van der Waals surface area contributed by atoms with E-state index in [-0.39, 0.29) is 9.75 Å². The summed E-state index contributed by atoms with van der Waals surface area (Å²) in [6.07, 6.45) is 0. The second-order valence-electron chi connectivity index (χ2n) is 20.1. The van der Waals surface area contributed by atoms with Crippen molar-refractivity contribution in [3.63, 3.8) is 0 Å². The van der Waals surface area contributed by atoms with Crippen molar-refractivity contribution in [3.05, 3.63) is 120 Å². The summed E-state index contributed by atoms with van der Waals surface area (Å²) in [7, 11) is 0. The van der Waals surface area contributed by atoms with Gasteiger partial charge in [-0.1, -0.05) is 0 Å². The van der Waals surface area contributed by atoms with Gasteiger partial charge in [0.2, 0.25) is 0 Å². The molecule has 65 heavy (non-hydrogen) atoms. The summed E-state index contributed by atoms with van der Waals surface area (Å²) < 4.78 is 124. The first-order chi connectivity index (χ1) is 29.9. The molecule has 12 heteroatoms. The summed E-state index contributed by atoms with van der Waals surface area (Å²) in [6.45, 7) is 22.6. The van der Waals surface area contributed by atoms with E-state index in [1.807, 2.05) is 83.1 Å². The van der Waals surface area contributed by atoms with E-state index >= 15 is 26.3 Å². The highest BCUT2D eigenvalue weighted by Crippen LogP contribution is 2.67. The lowest BCUT2D eigenvalue weighted by Gasteiger charge is -2.26. The van der Waals surface area contributed by atoms with Crippen LogP contribution in [0.1, 0.15) is 94.2 Å². The molecule has 4 aromatic carbocycles. The largest absolute Gasteiger partial charge is 0.488 e. The number of rotatable bonds is 10. The van der Waals surface area contributed by atoms with Crippen molar-refractivity contribution in [1.29, 1.82) is 0 Å². The first-order valence-electron chi connectivity index (χ1n) is 21.3. The van der Waals surface area contributed by atoms with Crippen molar-refractivity contribution >= 4 is 33.8 Å². The molecule has 344 valence electrons. The van der Waals surface area contributed by atoms with E-state index in [4.69, 9.17) is 18.9 Å². The highest BCUT2D eigenvalue weighted by atomic mass is 32.1. The number of halogens is 6. The SMILES string of the molecule is CC(C)(C)Oc1ccc(-c2cc(C3=C(c4cc(-c5ccc(OC(C)(C)C)cc5)sc4-c4ccc(OC(C)(C)C)cc4)C(F)(F)C(F)(F)C3(F)F)c(-c3ccc(OC(C)(C)C)cc3)s2)cc1. The zero-order valence-electron chi connectivity index (χ0n) is 38.6. The van der Waals surface area contributed by atoms with Crippen molar-refractivity contribution in [1.82, 2.24) is 0 Å². The summed E-state index contributed by atoms with van der Waals surface area (Å²) in [6, 6.07) is 29.4. The molecule has 6 aromatic rings. The molecule has 1 aliphatic rings. The van der Waals surface area contributed by atoms with Crippen LogP contribution < -0.4 is 18.9 Å². The Balaban J connectivity index is 1.50. The summed E-state index contributed by atoms with van der Waals surface area (Å²) in [5.41, 5.74) is -4.09. The molecular formula is C53H54F6O4S2. The van der Waals surface area contributed by atoms with Crippen molar-refractivity contribution in [3.8, 4) is 64.8 Å². The molecule has 0 saturated heterocycles. The van der Waals surface area contributed by atoms with Gasteiger partial charge in [-0.05, 0) is 215 Å². The molecule has 2 heterocycles. The molecule has 0 unspecified atom stereocenters. The monoisotopic (exact) mass is 932 g/mol. The molecule has 0 amide bonds. The Morgan fingerprint density at radius 2 is 0.585 bits per heavy atom. The lowest BCUT2D eigenvalue weighted by atomic mass is 9.92. The van der Waals surface area contributed by atoms with Crippen molar-refractivity contribution in [2.45, 2.75) is 123 Å². The highest BCUT2D eigenvalue weighted by molar-refractivity contribution is 7.19. The fourth-order valence-corrected chi connectivity index (χ4v) is 9.79. The lowest BCUT2D eigenvalue weighted by Crippen LogP contribution is -2.48. The Labute approximate surface area is 385 Å². The van der Waals surface area contributed by atoms with Gasteiger partial charge in [0.15, 0.2) is 0 Å². The van der Waals surface area contributed by atoms with E-state index in [9.17, 15) is 0 Å². The quantitative estimate of drug-likeness (QED) is 0.128. The Kier molecular flexibility index (Phi) is 12.2. The fourth-order valence-electron chi connectivity index (χ4n) is 7.44. The number of thiophene rings is 2. The van der Waals surface area contributed by atoms with Crippen LogP contribution in [0, 0.1) is 0 Å². The van der Waals surface area contributed by atoms with E-state index in [2.05, 4.69) is 0 Å². The molecule has 0 spiro atoms. The predicted octanol–water partition coefficient (Wildman–Crippen LogP) is 17.0. The van der Waals surface area contributed by atoms with Crippen LogP contribution in [0.2, 0.25) is 0 Å². The lowest BCUT2D eigenvalue weighted by molar-refractivity contribution is -0.254. The molecule has 0 saturated carbocycles. The van der Waals surface area contributed by atoms with E-state index in [1.165, 1.54) is 12.1 Å². The van der Waals surface area contributed by atoms with E-state index in [0.29, 0.717) is 55.0 Å². The van der Waals surface area contributed by atoms with Crippen LogP contribution in [0.5, 0.6) is 23.0 Å². The molecule has 2 aromatic heterocycles. The van der Waals surface area contributed by atoms with Crippen LogP contribution in [0.4, 0.5) is 26.3 Å². The molecule has 4 nitrogen and oxygen atoms in total. The summed E-state index contributed by atoms with van der Waals surface area (Å²) in [5, 5.41) is 0. The normalized spacial score (nSPS) is 16.2. The summed E-state index contributed by atoms with van der Waals surface area (Å²) in [5.74, 6) is -14.4. The average molecular weight is 933 g/mol. The number of allylic oxidation sites excluding steroid dienone is 2. The zero-order valence-corrected chi connectivity index (χ0v) is 40.2. The van der Waals surface area contributed by atoms with Crippen LogP contribution in [0.3, 0.4) is 0 Å². The molecule has 1 aliphatic carbocycles. The van der Waals surface area contributed by atoms with Gasteiger partial charge in [-0.25, -0.2) is 0 Å². The van der Waals surface area contributed by atoms with Crippen molar-refractivity contribution < 1.29 is 45.3 Å². The Hall–Kier alpha value is -5.20. The Bertz CT molecular complexity index is 2500. The minimum atomic E-state index is -5.81. The number of alkyl halides is 6. The molecule has 0 atom stereocenters. The minimum Gasteiger partial charge on any atom is -0.488 e. The predicted molar refractivity (Wildman–Crippen MR) is 254 cm³/mol. The second-order valence-corrected chi connectivity index (χ2v) is 22.2. The second kappa shape index (κ2) is 16.6. The maximum Gasteiger partial charge on any atom is 0.380 e. The van der Waals surface area contributed by atoms with Gasteiger partial charge in [0.25, 0.3) is 0 Å². The van der Waals surface area contributed by atoms with Crippen LogP contribution >= 0.6 is 22.7 Å². The van der Waals surface area contributed by atoms with Crippen molar-refractivity contribution in [2.24, 2.45) is 0 Å². The van der Waals surface area contributed by atoms with Crippen molar-refractivity contribution in [2.75, 3.05) is 0 Å². The van der Waals surface area contributed by atoms with Crippen LogP contribution in [-0.4, -0.2) is 40.2 Å². The Morgan fingerprint density at radius 3 is 0.815 bits per heavy atom. The van der Waals surface area contributed by atoms with E-state index < -0.39 is 62.4 Å². The number of ether oxygens (including phenoxy) is 4. The van der Waals surface area contributed by atoms with Gasteiger partial charge in [0.05, 0.1) is 0 Å². The van der Waals surface area contributed by atoms with Gasteiger partial charge < -0.3 is 18.9 Å². The minimum absolute atomic E-state index is 0.105. The van der Waals surface area contributed by atoms with Crippen LogP contribution in [0.15, 0.2) is 109 Å². The van der Waals surface area contributed by atoms with Gasteiger partial charge >= 0.3 is 17.8 Å². The van der Waals surface area contributed by atoms with Gasteiger partial charge in [0.1, 0.15) is 45.4 Å². The zero-order chi connectivity index (χ0) is 47.7. The number of hydrogen-bond acceptors (Lipinski definition) is 6. The third kappa shape index (κ3) is 10.1. The van der Waals surface area contributed by atoms with Crippen LogP contribution in [-0.2, 0) is 0 Å². The number of benzene rings is 4. The molecule has 7 rings (SSSR count). The fraction of sp³-hybridized carbons (Fsp3) is 0.358. The van der Waals surface area contributed by atoms with Gasteiger partial charge in [-0.3, -0.25) is 0 Å². The first kappa shape index (κ1) is 47.8. The molecule has 0 aliphatic heterocycles. The van der Waals surface area contributed by atoms with Gasteiger partial charge in [-0.2, -0.15) is 26.3 Å². The first-order valence-corrected chi connectivity index (χ1v) is 22.9. The van der Waals surface area contributed by atoms with Crippen LogP contribution in [0.25, 0.3) is 52.9 Å². The van der Waals surface area contributed by atoms with E-state index in [1.54, 1.807) is 97.1 Å².